The van der Waals surface area contributed by atoms with Gasteiger partial charge < -0.3 is 38.9 Å². The van der Waals surface area contributed by atoms with Gasteiger partial charge in [-0.25, -0.2) is 0 Å². The summed E-state index contributed by atoms with van der Waals surface area (Å²) in [6.45, 7) is -0.644. The number of ether oxygens (including phenoxy) is 2. The molecule has 0 unspecified atom stereocenters. The molecule has 6 aliphatic heterocycles. The maximum atomic E-state index is 7.66. The molecule has 0 aliphatic carbocycles. The van der Waals surface area contributed by atoms with Gasteiger partial charge in [-0.3, -0.25) is 4.90 Å². The van der Waals surface area contributed by atoms with Crippen LogP contribution in [-0.4, -0.2) is 13.4 Å². The maximum absolute atomic E-state index is 7.66. The Morgan fingerprint density at radius 1 is 0.208 bits per heavy atom. The Bertz CT molecular complexity index is 5700. The number of hydrogen-bond donors (Lipinski definition) is 0. The van der Waals surface area contributed by atoms with Crippen LogP contribution in [0.25, 0.3) is 0 Å². The Morgan fingerprint density at radius 2 is 0.545 bits per heavy atom. The van der Waals surface area contributed by atoms with Crippen molar-refractivity contribution in [3.63, 3.8) is 0 Å². The maximum Gasteiger partial charge on any atom is 0.252 e. The highest BCUT2D eigenvalue weighted by Crippen LogP contribution is 2.64. The minimum absolute atomic E-state index is 0.243. The van der Waals surface area contributed by atoms with Crippen molar-refractivity contribution in [1.82, 2.24) is 0 Å². The zero-order chi connectivity index (χ0) is 66.2. The van der Waals surface area contributed by atoms with E-state index in [1.807, 2.05) is 0 Å². The molecule has 0 amide bonds. The van der Waals surface area contributed by atoms with Crippen LogP contribution in [0.5, 0.6) is 23.0 Å². The largest absolute Gasteiger partial charge is 0.453 e. The lowest BCUT2D eigenvalue weighted by atomic mass is 9.30. The number of fused-ring (bicyclic) bond motifs is 13. The molecule has 0 radical (unpaired) electrons. The smallest absolute Gasteiger partial charge is 0.252 e. The van der Waals surface area contributed by atoms with E-state index in [-0.39, 0.29) is 6.71 Å². The molecule has 9 nitrogen and oxygen atoms in total. The van der Waals surface area contributed by atoms with Crippen molar-refractivity contribution in [2.45, 2.75) is 0 Å². The van der Waals surface area contributed by atoms with Crippen LogP contribution in [0.3, 0.4) is 0 Å². The fourth-order valence-corrected chi connectivity index (χ4v) is 16.8. The first-order valence-electron chi connectivity index (χ1n) is 34.6. The third kappa shape index (κ3) is 8.66. The average Bonchev–Trinajstić information content (AvgIpc) is 0.679. The van der Waals surface area contributed by atoms with E-state index < -0.39 is 6.71 Å². The van der Waals surface area contributed by atoms with Gasteiger partial charge in [0.05, 0.1) is 28.4 Å². The quantitative estimate of drug-likeness (QED) is 0.125. The van der Waals surface area contributed by atoms with Gasteiger partial charge >= 0.3 is 0 Å². The highest BCUT2D eigenvalue weighted by atomic mass is 16.5. The van der Waals surface area contributed by atoms with Crippen LogP contribution in [0.1, 0.15) is 0 Å². The molecule has 11 heteroatoms. The molecule has 0 spiro atoms. The monoisotopic (exact) mass is 1290 g/mol. The Kier molecular flexibility index (Phi) is 12.7. The minimum atomic E-state index is -0.402. The molecular weight excluding hydrogens is 1230 g/mol. The SMILES string of the molecule is c1ccc(N(c2ccccc2)c2cc3c4c(c2)N(c2ccccc2)c2cc5c(cc2B4c2ccccc2N3c2ccccc2)B2c3cc4c6c(c3N(c3ccccc3)c3cc(N(c7ccccc7)c7ccccc7)cc(c32)N5c2ccccc2)Oc2ccccc2N6c2ccccc2O4)cc1. The molecule has 15 aromatic rings. The van der Waals surface area contributed by atoms with E-state index in [9.17, 15) is 0 Å². The van der Waals surface area contributed by atoms with Crippen molar-refractivity contribution >= 4 is 166 Å². The molecule has 6 aliphatic rings. The predicted octanol–water partition coefficient (Wildman–Crippen LogP) is 20.5. The second-order valence-electron chi connectivity index (χ2n) is 26.4. The predicted molar refractivity (Wildman–Crippen MR) is 419 cm³/mol. The van der Waals surface area contributed by atoms with Gasteiger partial charge in [0.15, 0.2) is 23.0 Å². The van der Waals surface area contributed by atoms with Crippen LogP contribution >= 0.6 is 0 Å². The second kappa shape index (κ2) is 22.6. The molecule has 0 N–H and O–H groups in total. The van der Waals surface area contributed by atoms with E-state index >= 15 is 0 Å². The third-order valence-corrected chi connectivity index (χ3v) is 20.8. The molecule has 472 valence electrons. The van der Waals surface area contributed by atoms with Crippen LogP contribution in [0, 0.1) is 0 Å². The van der Waals surface area contributed by atoms with Crippen LogP contribution in [-0.2, 0) is 0 Å². The summed E-state index contributed by atoms with van der Waals surface area (Å²) in [6.07, 6.45) is 0. The lowest BCUT2D eigenvalue weighted by Gasteiger charge is -2.48. The molecule has 0 saturated heterocycles. The van der Waals surface area contributed by atoms with Crippen molar-refractivity contribution in [3.05, 3.63) is 358 Å². The summed E-state index contributed by atoms with van der Waals surface area (Å²) >= 11 is 0. The van der Waals surface area contributed by atoms with E-state index in [2.05, 4.69) is 392 Å². The molecule has 0 saturated carbocycles. The Morgan fingerprint density at radius 3 is 0.980 bits per heavy atom. The second-order valence-corrected chi connectivity index (χ2v) is 26.4. The molecule has 15 aromatic carbocycles. The number of nitrogens with zero attached hydrogens (tertiary/aromatic N) is 7. The Balaban J connectivity index is 0.910. The Hall–Kier alpha value is -13.4. The lowest BCUT2D eigenvalue weighted by molar-refractivity contribution is 0.447. The van der Waals surface area contributed by atoms with Crippen LogP contribution in [0.2, 0.25) is 0 Å². The van der Waals surface area contributed by atoms with Crippen molar-refractivity contribution in [1.29, 1.82) is 0 Å². The van der Waals surface area contributed by atoms with Crippen LogP contribution < -0.4 is 76.5 Å². The molecule has 0 bridgehead atoms. The molecule has 101 heavy (non-hydrogen) atoms. The number of benzene rings is 15. The first-order chi connectivity index (χ1) is 50.2. The molecule has 6 heterocycles. The first kappa shape index (κ1) is 56.8. The van der Waals surface area contributed by atoms with E-state index in [0.717, 1.165) is 153 Å². The summed E-state index contributed by atoms with van der Waals surface area (Å²) in [7, 11) is 0. The molecule has 0 fully saturated rings. The fourth-order valence-electron chi connectivity index (χ4n) is 16.8. The minimum Gasteiger partial charge on any atom is -0.453 e. The van der Waals surface area contributed by atoms with Gasteiger partial charge in [-0.05, 0) is 197 Å². The molecule has 21 rings (SSSR count). The van der Waals surface area contributed by atoms with E-state index in [1.165, 1.54) is 16.4 Å². The van der Waals surface area contributed by atoms with Crippen molar-refractivity contribution in [3.8, 4) is 23.0 Å². The van der Waals surface area contributed by atoms with Gasteiger partial charge in [0.2, 0.25) is 0 Å². The fraction of sp³-hybridized carbons (Fsp3) is 0. The lowest BCUT2D eigenvalue weighted by Crippen LogP contribution is -2.65. The van der Waals surface area contributed by atoms with E-state index in [0.29, 0.717) is 5.75 Å². The topological polar surface area (TPSA) is 41.1 Å². The molecule has 0 aromatic heterocycles. The number of hydrogen-bond acceptors (Lipinski definition) is 9. The van der Waals surface area contributed by atoms with E-state index in [4.69, 9.17) is 9.47 Å². The number of para-hydroxylation sites is 13. The summed E-state index contributed by atoms with van der Waals surface area (Å²) in [5.41, 5.74) is 28.5. The van der Waals surface area contributed by atoms with Crippen LogP contribution in [0.15, 0.2) is 358 Å². The standard InChI is InChI=1S/C90H59B2N7O2/c1-9-31-60(32-10-1)93(61-33-11-2-12-34-61)68-53-79-86-80(54-68)96(65-41-19-6-20-42-65)77-59-78-72(57-71(77)91(86)70-47-25-26-48-74(70)95(79)64-39-17-5-18-40-64)92-73-58-85-89-90(101-84-52-30-28-50-76(84)99(89)75-49-27-29-51-83(75)100-85)88(73)98(67-45-23-8-24-46-67)82-56-69(55-81(87(82)92)97(78)66-43-21-7-22-44-66)94(62-35-13-3-14-36-62)63-37-15-4-16-38-63/h1-59H. The van der Waals surface area contributed by atoms with Gasteiger partial charge in [0.25, 0.3) is 13.4 Å². The zero-order valence-electron chi connectivity index (χ0n) is 54.7. The molecule has 0 atom stereocenters. The number of anilines is 21. The first-order valence-corrected chi connectivity index (χ1v) is 34.6. The highest BCUT2D eigenvalue weighted by molar-refractivity contribution is 7.03. The van der Waals surface area contributed by atoms with Gasteiger partial charge in [-0.15, -0.1) is 0 Å². The summed E-state index contributed by atoms with van der Waals surface area (Å²) in [4.78, 5) is 17.3. The highest BCUT2D eigenvalue weighted by Gasteiger charge is 2.51. The van der Waals surface area contributed by atoms with Gasteiger partial charge in [0, 0.05) is 85.3 Å². The Labute approximate surface area is 586 Å². The van der Waals surface area contributed by atoms with E-state index in [1.54, 1.807) is 0 Å². The van der Waals surface area contributed by atoms with Crippen LogP contribution in [0.4, 0.5) is 119 Å². The van der Waals surface area contributed by atoms with Crippen molar-refractivity contribution in [2.24, 2.45) is 0 Å². The van der Waals surface area contributed by atoms with Crippen molar-refractivity contribution in [2.75, 3.05) is 34.3 Å². The normalized spacial score (nSPS) is 13.4. The summed E-state index contributed by atoms with van der Waals surface area (Å²) in [6, 6.07) is 130. The van der Waals surface area contributed by atoms with Gasteiger partial charge in [-0.1, -0.05) is 194 Å². The average molecular weight is 1290 g/mol. The van der Waals surface area contributed by atoms with Gasteiger partial charge in [0.1, 0.15) is 5.69 Å². The number of rotatable bonds is 10. The molecular formula is C90H59B2N7O2. The third-order valence-electron chi connectivity index (χ3n) is 20.8. The van der Waals surface area contributed by atoms with Crippen molar-refractivity contribution < 1.29 is 9.47 Å². The zero-order valence-corrected chi connectivity index (χ0v) is 54.7. The summed E-state index contributed by atoms with van der Waals surface area (Å²) < 4.78 is 15.0. The summed E-state index contributed by atoms with van der Waals surface area (Å²) in [5, 5.41) is 0. The van der Waals surface area contributed by atoms with Gasteiger partial charge in [-0.2, -0.15) is 0 Å². The summed E-state index contributed by atoms with van der Waals surface area (Å²) in [5.74, 6) is 2.96.